The molecule has 5 aromatic rings. The number of aliphatic hydroxyl groups is 1. The van der Waals surface area contributed by atoms with Crippen LogP contribution in [-0.2, 0) is 54.5 Å². The molecule has 2 aliphatic rings. The molecule has 3 aromatic carbocycles. The first-order chi connectivity index (χ1) is 28.0. The van der Waals surface area contributed by atoms with Crippen LogP contribution in [0.2, 0.25) is 0 Å². The molecular formula is C43H42N6O8S. The van der Waals surface area contributed by atoms with E-state index in [1.54, 1.807) is 67.0 Å². The van der Waals surface area contributed by atoms with Crippen molar-refractivity contribution < 1.29 is 39.0 Å². The van der Waals surface area contributed by atoms with E-state index in [1.807, 2.05) is 41.8 Å². The number of amides is 5. The van der Waals surface area contributed by atoms with Gasteiger partial charge >= 0.3 is 5.97 Å². The summed E-state index contributed by atoms with van der Waals surface area (Å²) < 4.78 is 0. The number of nitrogens with one attached hydrogen (secondary N) is 5. The lowest BCUT2D eigenvalue weighted by atomic mass is 9.99. The van der Waals surface area contributed by atoms with Crippen molar-refractivity contribution in [1.29, 1.82) is 0 Å². The van der Waals surface area contributed by atoms with Gasteiger partial charge in [0, 0.05) is 48.6 Å². The maximum absolute atomic E-state index is 14.4. The Bertz CT molecular complexity index is 2200. The fourth-order valence-corrected chi connectivity index (χ4v) is 7.20. The molecule has 2 aromatic heterocycles. The number of carboxylic acids is 1. The number of aliphatic carboxylic acids is 1. The second-order valence-electron chi connectivity index (χ2n) is 13.9. The lowest BCUT2D eigenvalue weighted by Crippen LogP contribution is -2.59. The van der Waals surface area contributed by atoms with Crippen LogP contribution in [-0.4, -0.2) is 81.0 Å². The molecule has 7 N–H and O–H groups in total. The standard InChI is InChI=1S/C43H42N6O8S/c50-37-25-38(51)46-35(24-32-7-4-20-58-32)41(54)48-34(22-27-8-12-29(13-9-27)30-16-18-44-19-17-30)39(52)47-33(21-26-5-2-1-3-6-26)40(53)49-36(43(56)57)23-28-10-14-31(15-11-28)45-42(37)55/h1-20,33-37,50H,21-25H2,(H,45,55)(H,46,51)(H,47,52)(H,48,54)(H,49,53)(H,56,57). The molecule has 0 spiro atoms. The minimum atomic E-state index is -1.78. The highest BCUT2D eigenvalue weighted by molar-refractivity contribution is 7.09. The van der Waals surface area contributed by atoms with Gasteiger partial charge in [-0.15, -0.1) is 11.3 Å². The molecule has 5 amide bonds. The first-order valence-electron chi connectivity index (χ1n) is 18.6. The zero-order chi connectivity index (χ0) is 41.0. The molecule has 0 radical (unpaired) electrons. The molecule has 14 nitrogen and oxygen atoms in total. The smallest absolute Gasteiger partial charge is 0.326 e. The summed E-state index contributed by atoms with van der Waals surface area (Å²) in [4.78, 5) is 85.9. The van der Waals surface area contributed by atoms with Crippen LogP contribution in [0, 0.1) is 0 Å². The van der Waals surface area contributed by atoms with Gasteiger partial charge in [-0.05, 0) is 63.5 Å². The predicted octanol–water partition coefficient (Wildman–Crippen LogP) is 2.81. The number of carboxylic acid groups (broad SMARTS) is 1. The number of thiophene rings is 1. The van der Waals surface area contributed by atoms with Crippen LogP contribution in [0.4, 0.5) is 5.69 Å². The second kappa shape index (κ2) is 19.4. The molecule has 2 aliphatic heterocycles. The summed E-state index contributed by atoms with van der Waals surface area (Å²) >= 11 is 1.35. The van der Waals surface area contributed by atoms with E-state index in [1.165, 1.54) is 23.5 Å². The first kappa shape index (κ1) is 40.9. The number of carbonyl (C=O) groups is 6. The van der Waals surface area contributed by atoms with Gasteiger partial charge in [-0.1, -0.05) is 72.8 Å². The second-order valence-corrected chi connectivity index (χ2v) is 14.9. The average molecular weight is 803 g/mol. The summed E-state index contributed by atoms with van der Waals surface area (Å²) in [6.45, 7) is 0. The SMILES string of the molecule is O=C1CC(O)C(=O)Nc2ccc(cc2)CC(C(=O)O)NC(=O)C(Cc2ccccc2)NC(=O)C(Cc2ccc(-c3ccncc3)cc2)NC(=O)C(Cc2cccs2)N1. The number of aliphatic hydroxyl groups excluding tert-OH is 1. The van der Waals surface area contributed by atoms with Crippen LogP contribution in [0.3, 0.4) is 0 Å². The van der Waals surface area contributed by atoms with Gasteiger partial charge < -0.3 is 36.8 Å². The van der Waals surface area contributed by atoms with E-state index in [-0.39, 0.29) is 31.4 Å². The van der Waals surface area contributed by atoms with Gasteiger partial charge in [0.05, 0.1) is 6.42 Å². The topological polar surface area (TPSA) is 216 Å². The summed E-state index contributed by atoms with van der Waals surface area (Å²) in [5.74, 6) is -5.19. The maximum Gasteiger partial charge on any atom is 0.326 e. The van der Waals surface area contributed by atoms with E-state index in [4.69, 9.17) is 0 Å². The number of benzene rings is 3. The summed E-state index contributed by atoms with van der Waals surface area (Å²) in [6.07, 6.45) is 0.778. The fraction of sp³-hybridized carbons (Fsp3) is 0.233. The molecule has 4 heterocycles. The minimum Gasteiger partial charge on any atom is -0.480 e. The Kier molecular flexibility index (Phi) is 13.7. The Morgan fingerprint density at radius 3 is 1.81 bits per heavy atom. The third-order valence-electron chi connectivity index (χ3n) is 9.55. The summed E-state index contributed by atoms with van der Waals surface area (Å²) in [6, 6.07) is 24.4. The Morgan fingerprint density at radius 1 is 0.621 bits per heavy atom. The van der Waals surface area contributed by atoms with Gasteiger partial charge in [0.1, 0.15) is 30.3 Å². The number of pyridine rings is 1. The number of carbonyl (C=O) groups excluding carboxylic acids is 5. The van der Waals surface area contributed by atoms with Crippen molar-refractivity contribution in [3.05, 3.63) is 142 Å². The molecule has 2 bridgehead atoms. The number of fused-ring (bicyclic) bond motifs is 18. The number of hydrogen-bond acceptors (Lipinski definition) is 9. The van der Waals surface area contributed by atoms with Crippen molar-refractivity contribution in [2.24, 2.45) is 0 Å². The van der Waals surface area contributed by atoms with E-state index in [2.05, 4.69) is 31.6 Å². The quantitative estimate of drug-likeness (QED) is 0.115. The Hall–Kier alpha value is -6.71. The number of nitrogens with zero attached hydrogens (tertiary/aromatic N) is 1. The van der Waals surface area contributed by atoms with Gasteiger partial charge in [-0.25, -0.2) is 4.79 Å². The summed E-state index contributed by atoms with van der Waals surface area (Å²) in [7, 11) is 0. The van der Waals surface area contributed by atoms with E-state index in [0.29, 0.717) is 16.7 Å². The molecule has 0 fully saturated rings. The number of hydrogen-bond donors (Lipinski definition) is 7. The fourth-order valence-electron chi connectivity index (χ4n) is 6.44. The Balaban J connectivity index is 1.35. The van der Waals surface area contributed by atoms with Gasteiger partial charge in [-0.3, -0.25) is 29.0 Å². The molecular weight excluding hydrogens is 761 g/mol. The van der Waals surface area contributed by atoms with E-state index in [0.717, 1.165) is 16.0 Å². The van der Waals surface area contributed by atoms with Crippen molar-refractivity contribution in [1.82, 2.24) is 26.3 Å². The van der Waals surface area contributed by atoms with Gasteiger partial charge in [0.25, 0.3) is 5.91 Å². The molecule has 0 saturated carbocycles. The average Bonchev–Trinajstić information content (AvgIpc) is 3.74. The monoisotopic (exact) mass is 802 g/mol. The van der Waals surface area contributed by atoms with Crippen molar-refractivity contribution in [2.45, 2.75) is 62.4 Å². The largest absolute Gasteiger partial charge is 0.480 e. The third kappa shape index (κ3) is 11.4. The molecule has 298 valence electrons. The first-order valence-corrected chi connectivity index (χ1v) is 19.5. The minimum absolute atomic E-state index is 0.000168. The molecule has 7 rings (SSSR count). The molecule has 15 heteroatoms. The lowest BCUT2D eigenvalue weighted by molar-refractivity contribution is -0.142. The van der Waals surface area contributed by atoms with Gasteiger partial charge in [0.2, 0.25) is 23.6 Å². The molecule has 5 unspecified atom stereocenters. The molecule has 58 heavy (non-hydrogen) atoms. The van der Waals surface area contributed by atoms with E-state index < -0.39 is 72.2 Å². The van der Waals surface area contributed by atoms with E-state index >= 15 is 0 Å². The van der Waals surface area contributed by atoms with Crippen LogP contribution < -0.4 is 26.6 Å². The Labute approximate surface area is 338 Å². The molecule has 0 saturated heterocycles. The van der Waals surface area contributed by atoms with Crippen LogP contribution in [0.5, 0.6) is 0 Å². The molecule has 0 aliphatic carbocycles. The highest BCUT2D eigenvalue weighted by Gasteiger charge is 2.33. The highest BCUT2D eigenvalue weighted by Crippen LogP contribution is 2.20. The number of anilines is 1. The van der Waals surface area contributed by atoms with Crippen LogP contribution in [0.15, 0.2) is 121 Å². The van der Waals surface area contributed by atoms with E-state index in [9.17, 15) is 39.0 Å². The van der Waals surface area contributed by atoms with Crippen molar-refractivity contribution in [3.63, 3.8) is 0 Å². The Morgan fingerprint density at radius 2 is 1.21 bits per heavy atom. The maximum atomic E-state index is 14.4. The number of rotatable bonds is 8. The zero-order valence-corrected chi connectivity index (χ0v) is 32.0. The summed E-state index contributed by atoms with van der Waals surface area (Å²) in [5, 5.41) is 35.9. The van der Waals surface area contributed by atoms with Gasteiger partial charge in [0.15, 0.2) is 0 Å². The van der Waals surface area contributed by atoms with Crippen molar-refractivity contribution >= 4 is 52.5 Å². The van der Waals surface area contributed by atoms with Crippen LogP contribution in [0.25, 0.3) is 11.1 Å². The van der Waals surface area contributed by atoms with Crippen molar-refractivity contribution in [3.8, 4) is 11.1 Å². The molecule has 5 atom stereocenters. The van der Waals surface area contributed by atoms with Gasteiger partial charge in [-0.2, -0.15) is 0 Å². The third-order valence-corrected chi connectivity index (χ3v) is 10.4. The highest BCUT2D eigenvalue weighted by atomic mass is 32.1. The van der Waals surface area contributed by atoms with Crippen molar-refractivity contribution in [2.75, 3.05) is 5.32 Å². The van der Waals surface area contributed by atoms with Crippen LogP contribution in [0.1, 0.15) is 28.0 Å². The zero-order valence-electron chi connectivity index (χ0n) is 31.2. The predicted molar refractivity (Wildman–Crippen MR) is 216 cm³/mol. The number of aromatic nitrogens is 1. The van der Waals surface area contributed by atoms with Crippen LogP contribution >= 0.6 is 11.3 Å². The normalized spacial score (nSPS) is 21.1. The summed E-state index contributed by atoms with van der Waals surface area (Å²) in [5.41, 5.74) is 3.95. The lowest BCUT2D eigenvalue weighted by Gasteiger charge is -2.26.